The number of aromatic nitrogens is 1. The summed E-state index contributed by atoms with van der Waals surface area (Å²) in [6, 6.07) is 9.50. The first-order chi connectivity index (χ1) is 9.13. The summed E-state index contributed by atoms with van der Waals surface area (Å²) in [5.74, 6) is 0.764. The molecule has 0 atom stereocenters. The molecule has 5 heteroatoms. The molecule has 2 aromatic heterocycles. The Morgan fingerprint density at radius 1 is 1.32 bits per heavy atom. The second kappa shape index (κ2) is 5.84. The molecule has 0 fully saturated rings. The van der Waals surface area contributed by atoms with Gasteiger partial charge in [0.1, 0.15) is 5.82 Å². The highest BCUT2D eigenvalue weighted by molar-refractivity contribution is 7.13. The maximum atomic E-state index is 12.4. The molecule has 2 heterocycles. The highest BCUT2D eigenvalue weighted by atomic mass is 32.1. The third-order valence-corrected chi connectivity index (χ3v) is 3.81. The Morgan fingerprint density at radius 3 is 2.63 bits per heavy atom. The van der Waals surface area contributed by atoms with Gasteiger partial charge in [-0.2, -0.15) is 0 Å². The van der Waals surface area contributed by atoms with Gasteiger partial charge in [0, 0.05) is 24.7 Å². The molecule has 0 N–H and O–H groups in total. The first-order valence-electron chi connectivity index (χ1n) is 6.16. The fourth-order valence-electron chi connectivity index (χ4n) is 1.85. The van der Waals surface area contributed by atoms with Crippen LogP contribution in [-0.2, 0) is 0 Å². The van der Waals surface area contributed by atoms with Gasteiger partial charge in [0.25, 0.3) is 5.91 Å². The predicted octanol–water partition coefficient (Wildman–Crippen LogP) is 2.97. The van der Waals surface area contributed by atoms with Crippen LogP contribution in [0.15, 0.2) is 36.5 Å². The standard InChI is InChI=1S/C14H17N3OS/c1-4-17(13-7-5-6-10-15-13)16(3)14(18)12-9-8-11(2)19-12/h5-10H,4H2,1-3H3. The van der Waals surface area contributed by atoms with Gasteiger partial charge in [-0.25, -0.2) is 4.98 Å². The molecule has 0 aliphatic heterocycles. The lowest BCUT2D eigenvalue weighted by atomic mass is 10.4. The molecular weight excluding hydrogens is 258 g/mol. The van der Waals surface area contributed by atoms with E-state index in [0.29, 0.717) is 6.54 Å². The van der Waals surface area contributed by atoms with Crippen LogP contribution >= 0.6 is 11.3 Å². The largest absolute Gasteiger partial charge is 0.282 e. The Balaban J connectivity index is 2.22. The number of anilines is 1. The third kappa shape index (κ3) is 2.93. The monoisotopic (exact) mass is 275 g/mol. The fraction of sp³-hybridized carbons (Fsp3) is 0.286. The topological polar surface area (TPSA) is 36.4 Å². The molecule has 2 aromatic rings. The zero-order valence-corrected chi connectivity index (χ0v) is 12.1. The zero-order valence-electron chi connectivity index (χ0n) is 11.3. The minimum absolute atomic E-state index is 0.00870. The van der Waals surface area contributed by atoms with E-state index >= 15 is 0 Å². The smallest absolute Gasteiger partial charge is 0.266 e. The summed E-state index contributed by atoms with van der Waals surface area (Å²) in [6.45, 7) is 4.68. The Kier molecular flexibility index (Phi) is 4.16. The van der Waals surface area contributed by atoms with Crippen LogP contribution in [0, 0.1) is 6.92 Å². The van der Waals surface area contributed by atoms with Crippen molar-refractivity contribution in [3.8, 4) is 0 Å². The van der Waals surface area contributed by atoms with Crippen molar-refractivity contribution in [3.63, 3.8) is 0 Å². The SMILES string of the molecule is CCN(c1ccccn1)N(C)C(=O)c1ccc(C)s1. The predicted molar refractivity (Wildman–Crippen MR) is 78.4 cm³/mol. The highest BCUT2D eigenvalue weighted by Crippen LogP contribution is 2.19. The molecule has 0 aliphatic carbocycles. The minimum Gasteiger partial charge on any atom is -0.266 e. The van der Waals surface area contributed by atoms with Crippen molar-refractivity contribution >= 4 is 23.1 Å². The number of hydrazine groups is 1. The first kappa shape index (κ1) is 13.5. The van der Waals surface area contributed by atoms with Gasteiger partial charge in [0.2, 0.25) is 0 Å². The summed E-state index contributed by atoms with van der Waals surface area (Å²) in [5, 5.41) is 3.48. The van der Waals surface area contributed by atoms with Crippen LogP contribution in [0.25, 0.3) is 0 Å². The van der Waals surface area contributed by atoms with Gasteiger partial charge in [-0.1, -0.05) is 6.07 Å². The van der Waals surface area contributed by atoms with E-state index in [0.717, 1.165) is 15.6 Å². The lowest BCUT2D eigenvalue weighted by Crippen LogP contribution is -2.44. The van der Waals surface area contributed by atoms with Gasteiger partial charge in [-0.05, 0) is 38.1 Å². The second-order valence-corrected chi connectivity index (χ2v) is 5.43. The van der Waals surface area contributed by atoms with Gasteiger partial charge >= 0.3 is 0 Å². The van der Waals surface area contributed by atoms with Gasteiger partial charge in [-0.3, -0.25) is 14.8 Å². The van der Waals surface area contributed by atoms with Crippen LogP contribution in [0.1, 0.15) is 21.5 Å². The number of aryl methyl sites for hydroxylation is 1. The molecule has 4 nitrogen and oxygen atoms in total. The molecule has 0 aliphatic rings. The summed E-state index contributed by atoms with van der Waals surface area (Å²) in [7, 11) is 1.77. The quantitative estimate of drug-likeness (QED) is 0.805. The molecule has 0 unspecified atom stereocenters. The van der Waals surface area contributed by atoms with E-state index in [1.165, 1.54) is 11.3 Å². The van der Waals surface area contributed by atoms with Crippen molar-refractivity contribution in [1.29, 1.82) is 0 Å². The summed E-state index contributed by atoms with van der Waals surface area (Å²) in [6.07, 6.45) is 1.73. The minimum atomic E-state index is -0.00870. The molecule has 0 saturated heterocycles. The van der Waals surface area contributed by atoms with Gasteiger partial charge in [0.05, 0.1) is 4.88 Å². The number of amides is 1. The zero-order chi connectivity index (χ0) is 13.8. The molecule has 0 aromatic carbocycles. The van der Waals surface area contributed by atoms with E-state index in [9.17, 15) is 4.79 Å². The van der Waals surface area contributed by atoms with Crippen LogP contribution in [0.4, 0.5) is 5.82 Å². The number of hydrogen-bond acceptors (Lipinski definition) is 4. The number of nitrogens with zero attached hydrogens (tertiary/aromatic N) is 3. The average Bonchev–Trinajstić information content (AvgIpc) is 2.86. The molecule has 0 spiro atoms. The van der Waals surface area contributed by atoms with Crippen molar-refractivity contribution in [3.05, 3.63) is 46.3 Å². The van der Waals surface area contributed by atoms with Crippen molar-refractivity contribution in [2.24, 2.45) is 0 Å². The second-order valence-electron chi connectivity index (χ2n) is 4.14. The molecule has 0 radical (unpaired) electrons. The Morgan fingerprint density at radius 2 is 2.11 bits per heavy atom. The van der Waals surface area contributed by atoms with E-state index in [1.54, 1.807) is 18.3 Å². The molecule has 0 saturated carbocycles. The number of rotatable bonds is 4. The normalized spacial score (nSPS) is 10.3. The van der Waals surface area contributed by atoms with Crippen molar-refractivity contribution in [2.45, 2.75) is 13.8 Å². The van der Waals surface area contributed by atoms with Gasteiger partial charge < -0.3 is 0 Å². The molecule has 2 rings (SSSR count). The number of carbonyl (C=O) groups is 1. The average molecular weight is 275 g/mol. The van der Waals surface area contributed by atoms with E-state index in [4.69, 9.17) is 0 Å². The summed E-state index contributed by atoms with van der Waals surface area (Å²) in [4.78, 5) is 18.6. The lowest BCUT2D eigenvalue weighted by molar-refractivity contribution is 0.0782. The van der Waals surface area contributed by atoms with Crippen LogP contribution in [-0.4, -0.2) is 29.5 Å². The summed E-state index contributed by atoms with van der Waals surface area (Å²) >= 11 is 1.51. The van der Waals surface area contributed by atoms with Crippen LogP contribution in [0.5, 0.6) is 0 Å². The number of carbonyl (C=O) groups excluding carboxylic acids is 1. The Hall–Kier alpha value is -1.88. The van der Waals surface area contributed by atoms with Crippen molar-refractivity contribution in [2.75, 3.05) is 18.6 Å². The van der Waals surface area contributed by atoms with Crippen LogP contribution in [0.3, 0.4) is 0 Å². The van der Waals surface area contributed by atoms with Crippen LogP contribution < -0.4 is 5.01 Å². The Labute approximate surface area is 117 Å². The molecule has 19 heavy (non-hydrogen) atoms. The highest BCUT2D eigenvalue weighted by Gasteiger charge is 2.20. The number of pyridine rings is 1. The Bertz CT molecular complexity index is 553. The maximum Gasteiger partial charge on any atom is 0.282 e. The van der Waals surface area contributed by atoms with E-state index in [-0.39, 0.29) is 5.91 Å². The first-order valence-corrected chi connectivity index (χ1v) is 6.98. The summed E-state index contributed by atoms with van der Waals surface area (Å²) in [5.41, 5.74) is 0. The lowest BCUT2D eigenvalue weighted by Gasteiger charge is -2.31. The third-order valence-electron chi connectivity index (χ3n) is 2.82. The molecule has 1 amide bonds. The number of thiophene rings is 1. The van der Waals surface area contributed by atoms with E-state index in [1.807, 2.05) is 49.2 Å². The fourth-order valence-corrected chi connectivity index (χ4v) is 2.69. The van der Waals surface area contributed by atoms with Crippen molar-refractivity contribution < 1.29 is 4.79 Å². The molecule has 100 valence electrons. The molecular formula is C14H17N3OS. The molecule has 0 bridgehead atoms. The van der Waals surface area contributed by atoms with Gasteiger partial charge in [0.15, 0.2) is 0 Å². The van der Waals surface area contributed by atoms with E-state index < -0.39 is 0 Å². The van der Waals surface area contributed by atoms with Gasteiger partial charge in [-0.15, -0.1) is 11.3 Å². The van der Waals surface area contributed by atoms with Crippen LogP contribution in [0.2, 0.25) is 0 Å². The maximum absolute atomic E-state index is 12.4. The van der Waals surface area contributed by atoms with E-state index in [2.05, 4.69) is 4.98 Å². The number of hydrogen-bond donors (Lipinski definition) is 0. The summed E-state index contributed by atoms with van der Waals surface area (Å²) < 4.78 is 0. The van der Waals surface area contributed by atoms with Crippen molar-refractivity contribution in [1.82, 2.24) is 9.99 Å².